The van der Waals surface area contributed by atoms with Crippen molar-refractivity contribution in [2.75, 3.05) is 7.05 Å². The van der Waals surface area contributed by atoms with Gasteiger partial charge in [0.1, 0.15) is 5.82 Å². The maximum absolute atomic E-state index is 13.2. The van der Waals surface area contributed by atoms with Crippen LogP contribution in [0.1, 0.15) is 51.0 Å². The highest BCUT2D eigenvalue weighted by atomic mass is 19.1. The Bertz CT molecular complexity index is 466. The minimum atomic E-state index is -0.232. The van der Waals surface area contributed by atoms with Crippen molar-refractivity contribution >= 4 is 5.91 Å². The number of carbonyl (C=O) groups is 1. The Hall–Kier alpha value is -1.38. The van der Waals surface area contributed by atoms with Crippen molar-refractivity contribution in [2.24, 2.45) is 5.92 Å². The van der Waals surface area contributed by atoms with Crippen LogP contribution in [0.15, 0.2) is 24.3 Å². The number of nitrogens with zero attached hydrogens (tertiary/aromatic N) is 1. The topological polar surface area (TPSA) is 20.3 Å². The van der Waals surface area contributed by atoms with E-state index in [1.807, 2.05) is 24.9 Å². The molecule has 21 heavy (non-hydrogen) atoms. The summed E-state index contributed by atoms with van der Waals surface area (Å²) in [5, 5.41) is 0. The van der Waals surface area contributed by atoms with Gasteiger partial charge in [-0.1, -0.05) is 44.7 Å². The first kappa shape index (κ1) is 16.0. The van der Waals surface area contributed by atoms with E-state index in [2.05, 4.69) is 0 Å². The van der Waals surface area contributed by atoms with Crippen molar-refractivity contribution in [2.45, 2.75) is 57.9 Å². The molecule has 1 fully saturated rings. The summed E-state index contributed by atoms with van der Waals surface area (Å²) in [6, 6.07) is 6.94. The molecule has 0 N–H and O–H groups in total. The van der Waals surface area contributed by atoms with E-state index < -0.39 is 0 Å². The molecular formula is C18H26FNO. The molecule has 0 heterocycles. The largest absolute Gasteiger partial charge is 0.343 e. The molecule has 2 nitrogen and oxygen atoms in total. The molecule has 0 aromatic heterocycles. The predicted molar refractivity (Wildman–Crippen MR) is 83.5 cm³/mol. The van der Waals surface area contributed by atoms with Gasteiger partial charge in [-0.05, 0) is 37.0 Å². The fourth-order valence-corrected chi connectivity index (χ4v) is 3.28. The zero-order chi connectivity index (χ0) is 15.2. The first-order chi connectivity index (χ1) is 10.1. The molecule has 1 amide bonds. The summed E-state index contributed by atoms with van der Waals surface area (Å²) < 4.78 is 13.2. The van der Waals surface area contributed by atoms with Crippen LogP contribution in [-0.4, -0.2) is 23.9 Å². The van der Waals surface area contributed by atoms with Crippen LogP contribution in [0.2, 0.25) is 0 Å². The lowest BCUT2D eigenvalue weighted by molar-refractivity contribution is -0.136. The highest BCUT2D eigenvalue weighted by Gasteiger charge is 2.25. The number of carbonyl (C=O) groups excluding carboxylic acids is 1. The molecule has 116 valence electrons. The second kappa shape index (κ2) is 7.58. The number of halogens is 1. The van der Waals surface area contributed by atoms with Crippen LogP contribution in [0.5, 0.6) is 0 Å². The zero-order valence-corrected chi connectivity index (χ0v) is 13.1. The van der Waals surface area contributed by atoms with Crippen molar-refractivity contribution in [3.63, 3.8) is 0 Å². The van der Waals surface area contributed by atoms with Gasteiger partial charge in [0.15, 0.2) is 0 Å². The third-order valence-corrected chi connectivity index (χ3v) is 4.57. The Morgan fingerprint density at radius 1 is 1.29 bits per heavy atom. The van der Waals surface area contributed by atoms with Gasteiger partial charge in [-0.15, -0.1) is 0 Å². The lowest BCUT2D eigenvalue weighted by Gasteiger charge is -2.29. The normalized spacial score (nSPS) is 18.0. The average molecular weight is 291 g/mol. The number of rotatable bonds is 4. The number of benzene rings is 1. The number of hydrogen-bond acceptors (Lipinski definition) is 1. The Labute approximate surface area is 127 Å². The second-order valence-electron chi connectivity index (χ2n) is 6.33. The third-order valence-electron chi connectivity index (χ3n) is 4.57. The minimum Gasteiger partial charge on any atom is -0.343 e. The average Bonchev–Trinajstić information content (AvgIpc) is 2.74. The maximum atomic E-state index is 13.2. The van der Waals surface area contributed by atoms with Gasteiger partial charge >= 0.3 is 0 Å². The van der Waals surface area contributed by atoms with E-state index in [1.165, 1.54) is 37.8 Å². The first-order valence-electron chi connectivity index (χ1n) is 8.09. The molecule has 1 atom stereocenters. The lowest BCUT2D eigenvalue weighted by Crippen LogP contribution is -2.40. The van der Waals surface area contributed by atoms with Crippen LogP contribution in [0, 0.1) is 11.7 Å². The van der Waals surface area contributed by atoms with Gasteiger partial charge in [-0.3, -0.25) is 4.79 Å². The molecule has 1 saturated carbocycles. The summed E-state index contributed by atoms with van der Waals surface area (Å²) in [5.41, 5.74) is 0.894. The fourth-order valence-electron chi connectivity index (χ4n) is 3.28. The maximum Gasteiger partial charge on any atom is 0.225 e. The Morgan fingerprint density at radius 2 is 1.95 bits per heavy atom. The molecule has 0 bridgehead atoms. The van der Waals surface area contributed by atoms with E-state index >= 15 is 0 Å². The van der Waals surface area contributed by atoms with Crippen LogP contribution < -0.4 is 0 Å². The molecule has 1 aliphatic carbocycles. The smallest absolute Gasteiger partial charge is 0.225 e. The molecule has 1 aliphatic rings. The molecule has 0 saturated heterocycles. The van der Waals surface area contributed by atoms with Crippen molar-refractivity contribution in [3.05, 3.63) is 35.6 Å². The minimum absolute atomic E-state index is 0.0972. The zero-order valence-electron chi connectivity index (χ0n) is 13.1. The summed E-state index contributed by atoms with van der Waals surface area (Å²) in [6.45, 7) is 1.94. The van der Waals surface area contributed by atoms with E-state index in [1.54, 1.807) is 6.07 Å². The van der Waals surface area contributed by atoms with Crippen LogP contribution >= 0.6 is 0 Å². The predicted octanol–water partition coefficient (Wildman–Crippen LogP) is 4.19. The van der Waals surface area contributed by atoms with Crippen LogP contribution in [0.4, 0.5) is 4.39 Å². The van der Waals surface area contributed by atoms with Crippen molar-refractivity contribution in [1.29, 1.82) is 0 Å². The molecular weight excluding hydrogens is 265 g/mol. The van der Waals surface area contributed by atoms with Gasteiger partial charge in [-0.25, -0.2) is 4.39 Å². The SMILES string of the molecule is CC(Cc1cccc(F)c1)C(=O)N(C)C1CCCCCC1. The second-order valence-corrected chi connectivity index (χ2v) is 6.33. The lowest BCUT2D eigenvalue weighted by atomic mass is 9.98. The quantitative estimate of drug-likeness (QED) is 0.762. The third kappa shape index (κ3) is 4.55. The van der Waals surface area contributed by atoms with Gasteiger partial charge in [-0.2, -0.15) is 0 Å². The molecule has 1 aromatic carbocycles. The number of amides is 1. The van der Waals surface area contributed by atoms with Gasteiger partial charge in [0.2, 0.25) is 5.91 Å². The molecule has 0 spiro atoms. The first-order valence-corrected chi connectivity index (χ1v) is 8.09. The molecule has 1 unspecified atom stereocenters. The fraction of sp³-hybridized carbons (Fsp3) is 0.611. The van der Waals surface area contributed by atoms with Crippen molar-refractivity contribution in [1.82, 2.24) is 4.90 Å². The van der Waals surface area contributed by atoms with Gasteiger partial charge in [0.05, 0.1) is 0 Å². The van der Waals surface area contributed by atoms with E-state index in [9.17, 15) is 9.18 Å². The van der Waals surface area contributed by atoms with Crippen LogP contribution in [0.3, 0.4) is 0 Å². The summed E-state index contributed by atoms with van der Waals surface area (Å²) in [4.78, 5) is 14.5. The van der Waals surface area contributed by atoms with E-state index in [-0.39, 0.29) is 17.6 Å². The highest BCUT2D eigenvalue weighted by Crippen LogP contribution is 2.23. The molecule has 0 radical (unpaired) electrons. The standard InChI is InChI=1S/C18H26FNO/c1-14(12-15-8-7-9-16(19)13-15)18(21)20(2)17-10-5-3-4-6-11-17/h7-9,13-14,17H,3-6,10-12H2,1-2H3. The van der Waals surface area contributed by atoms with Gasteiger partial charge in [0.25, 0.3) is 0 Å². The van der Waals surface area contributed by atoms with E-state index in [0.29, 0.717) is 12.5 Å². The Balaban J connectivity index is 1.94. The van der Waals surface area contributed by atoms with Gasteiger partial charge < -0.3 is 4.90 Å². The summed E-state index contributed by atoms with van der Waals surface area (Å²) in [5.74, 6) is -0.143. The summed E-state index contributed by atoms with van der Waals surface area (Å²) >= 11 is 0. The summed E-state index contributed by atoms with van der Waals surface area (Å²) in [6.07, 6.45) is 7.87. The monoisotopic (exact) mass is 291 g/mol. The molecule has 3 heteroatoms. The van der Waals surface area contributed by atoms with Crippen molar-refractivity contribution in [3.8, 4) is 0 Å². The Morgan fingerprint density at radius 3 is 2.57 bits per heavy atom. The van der Waals surface area contributed by atoms with Crippen LogP contribution in [-0.2, 0) is 11.2 Å². The van der Waals surface area contributed by atoms with E-state index in [4.69, 9.17) is 0 Å². The number of hydrogen-bond donors (Lipinski definition) is 0. The van der Waals surface area contributed by atoms with Crippen molar-refractivity contribution < 1.29 is 9.18 Å². The molecule has 0 aliphatic heterocycles. The highest BCUT2D eigenvalue weighted by molar-refractivity contribution is 5.78. The molecule has 1 aromatic rings. The summed E-state index contributed by atoms with van der Waals surface area (Å²) in [7, 11) is 1.93. The van der Waals surface area contributed by atoms with E-state index in [0.717, 1.165) is 18.4 Å². The van der Waals surface area contributed by atoms with Crippen LogP contribution in [0.25, 0.3) is 0 Å². The molecule has 2 rings (SSSR count). The van der Waals surface area contributed by atoms with Gasteiger partial charge in [0, 0.05) is 19.0 Å². The Kier molecular flexibility index (Phi) is 5.77.